The topological polar surface area (TPSA) is 77.8 Å². The quantitative estimate of drug-likeness (QED) is 0.882. The standard InChI is InChI=1S/C12H15NO5.C7H14/c1-8-12(10(14)6-18-8)13-11(15)7-17-5-9-2-3-16-4-9;1-7-5-3-2-4-6-7/h2-4,8,12H,5-7H2,1H3,(H,13,15);7H,2-6H2,1H3/t8-,12?;/m1./s1. The first-order valence-electron chi connectivity index (χ1n) is 9.08. The Morgan fingerprint density at radius 3 is 2.56 bits per heavy atom. The van der Waals surface area contributed by atoms with Crippen molar-refractivity contribution in [1.29, 1.82) is 0 Å². The molecule has 1 aromatic rings. The first kappa shape index (κ1) is 19.7. The van der Waals surface area contributed by atoms with Gasteiger partial charge in [-0.1, -0.05) is 39.0 Å². The van der Waals surface area contributed by atoms with Crippen LogP contribution in [0.15, 0.2) is 23.0 Å². The smallest absolute Gasteiger partial charge is 0.246 e. The third kappa shape index (κ3) is 7.00. The minimum atomic E-state index is -0.560. The fraction of sp³-hybridized carbons (Fsp3) is 0.684. The molecule has 6 heteroatoms. The average Bonchev–Trinajstić information content (AvgIpc) is 3.22. The van der Waals surface area contributed by atoms with Crippen molar-refractivity contribution in [3.63, 3.8) is 0 Å². The van der Waals surface area contributed by atoms with Gasteiger partial charge in [0.15, 0.2) is 5.78 Å². The fourth-order valence-corrected chi connectivity index (χ4v) is 3.02. The molecule has 1 saturated carbocycles. The molecule has 0 radical (unpaired) electrons. The Hall–Kier alpha value is -1.66. The predicted octanol–water partition coefficient (Wildman–Crippen LogP) is 2.86. The van der Waals surface area contributed by atoms with Crippen LogP contribution in [-0.4, -0.2) is 37.0 Å². The number of ether oxygens (including phenoxy) is 2. The summed E-state index contributed by atoms with van der Waals surface area (Å²) in [7, 11) is 0. The molecule has 1 aromatic heterocycles. The Balaban J connectivity index is 0.000000269. The summed E-state index contributed by atoms with van der Waals surface area (Å²) in [5.41, 5.74) is 0.858. The van der Waals surface area contributed by atoms with Gasteiger partial charge in [0, 0.05) is 5.56 Å². The molecule has 0 bridgehead atoms. The Morgan fingerprint density at radius 1 is 1.28 bits per heavy atom. The van der Waals surface area contributed by atoms with Gasteiger partial charge in [0.05, 0.1) is 25.2 Å². The second kappa shape index (κ2) is 10.4. The average molecular weight is 351 g/mol. The van der Waals surface area contributed by atoms with Crippen molar-refractivity contribution in [2.75, 3.05) is 13.2 Å². The molecule has 0 aromatic carbocycles. The van der Waals surface area contributed by atoms with Crippen molar-refractivity contribution < 1.29 is 23.5 Å². The minimum absolute atomic E-state index is 0.0575. The molecule has 0 spiro atoms. The number of carbonyl (C=O) groups is 2. The first-order valence-corrected chi connectivity index (χ1v) is 9.08. The second-order valence-corrected chi connectivity index (χ2v) is 6.90. The van der Waals surface area contributed by atoms with Gasteiger partial charge < -0.3 is 19.2 Å². The van der Waals surface area contributed by atoms with E-state index in [0.29, 0.717) is 6.61 Å². The lowest BCUT2D eigenvalue weighted by atomic mass is 9.91. The van der Waals surface area contributed by atoms with Crippen LogP contribution in [0.25, 0.3) is 0 Å². The molecule has 1 aliphatic carbocycles. The van der Waals surface area contributed by atoms with Crippen molar-refractivity contribution >= 4 is 11.7 Å². The molecule has 1 N–H and O–H groups in total. The van der Waals surface area contributed by atoms with Crippen LogP contribution in [0.3, 0.4) is 0 Å². The Kier molecular flexibility index (Phi) is 8.15. The second-order valence-electron chi connectivity index (χ2n) is 6.90. The van der Waals surface area contributed by atoms with Gasteiger partial charge >= 0.3 is 0 Å². The summed E-state index contributed by atoms with van der Waals surface area (Å²) in [5, 5.41) is 2.60. The van der Waals surface area contributed by atoms with E-state index < -0.39 is 6.04 Å². The van der Waals surface area contributed by atoms with Gasteiger partial charge in [-0.2, -0.15) is 0 Å². The maximum atomic E-state index is 11.6. The SMILES string of the molecule is CC1CCCCC1.C[C@H]1OCC(=O)C1NC(=O)COCc1ccoc1. The normalized spacial score (nSPS) is 23.8. The highest BCUT2D eigenvalue weighted by Crippen LogP contribution is 2.22. The van der Waals surface area contributed by atoms with E-state index in [2.05, 4.69) is 12.2 Å². The van der Waals surface area contributed by atoms with Crippen molar-refractivity contribution in [2.24, 2.45) is 5.92 Å². The number of Topliss-reactive ketones (excluding diaryl/α,β-unsaturated/α-hetero) is 1. The summed E-state index contributed by atoms with van der Waals surface area (Å²) < 4.78 is 15.2. The first-order chi connectivity index (χ1) is 12.1. The molecule has 1 aliphatic heterocycles. The largest absolute Gasteiger partial charge is 0.472 e. The molecular weight excluding hydrogens is 322 g/mol. The van der Waals surface area contributed by atoms with Crippen LogP contribution in [0, 0.1) is 5.92 Å². The molecule has 2 atom stereocenters. The molecule has 6 nitrogen and oxygen atoms in total. The molecule has 25 heavy (non-hydrogen) atoms. The zero-order valence-corrected chi connectivity index (χ0v) is 15.2. The number of amides is 1. The van der Waals surface area contributed by atoms with E-state index in [1.165, 1.54) is 38.4 Å². The third-order valence-corrected chi connectivity index (χ3v) is 4.60. The molecule has 2 heterocycles. The van der Waals surface area contributed by atoms with Gasteiger partial charge in [-0.05, 0) is 18.9 Å². The number of carbonyl (C=O) groups excluding carboxylic acids is 2. The van der Waals surface area contributed by atoms with Gasteiger partial charge in [0.25, 0.3) is 0 Å². The predicted molar refractivity (Wildman–Crippen MR) is 93.0 cm³/mol. The molecule has 2 fully saturated rings. The van der Waals surface area contributed by atoms with Crippen LogP contribution in [0.4, 0.5) is 0 Å². The maximum Gasteiger partial charge on any atom is 0.246 e. The van der Waals surface area contributed by atoms with E-state index >= 15 is 0 Å². The molecular formula is C19H29NO5. The zero-order chi connectivity index (χ0) is 18.1. The minimum Gasteiger partial charge on any atom is -0.472 e. The highest BCUT2D eigenvalue weighted by molar-refractivity contribution is 5.92. The van der Waals surface area contributed by atoms with Gasteiger partial charge in [-0.3, -0.25) is 9.59 Å². The van der Waals surface area contributed by atoms with Crippen molar-refractivity contribution in [2.45, 2.75) is 64.7 Å². The van der Waals surface area contributed by atoms with Crippen LogP contribution < -0.4 is 5.32 Å². The van der Waals surface area contributed by atoms with Crippen LogP contribution in [0.2, 0.25) is 0 Å². The van der Waals surface area contributed by atoms with E-state index in [9.17, 15) is 9.59 Å². The Labute approximate surface area is 149 Å². The molecule has 1 saturated heterocycles. The van der Waals surface area contributed by atoms with Gasteiger partial charge in [0.2, 0.25) is 5.91 Å². The van der Waals surface area contributed by atoms with Crippen LogP contribution >= 0.6 is 0 Å². The Bertz CT molecular complexity index is 522. The highest BCUT2D eigenvalue weighted by Gasteiger charge is 2.33. The molecule has 2 aliphatic rings. The maximum absolute atomic E-state index is 11.6. The van der Waals surface area contributed by atoms with Gasteiger partial charge in [-0.15, -0.1) is 0 Å². The van der Waals surface area contributed by atoms with E-state index in [-0.39, 0.29) is 31.0 Å². The number of hydrogen-bond acceptors (Lipinski definition) is 5. The number of nitrogens with one attached hydrogen (secondary N) is 1. The van der Waals surface area contributed by atoms with Gasteiger partial charge in [-0.25, -0.2) is 0 Å². The summed E-state index contributed by atoms with van der Waals surface area (Å²) in [5.74, 6) is 0.605. The molecule has 1 amide bonds. The summed E-state index contributed by atoms with van der Waals surface area (Å²) >= 11 is 0. The van der Waals surface area contributed by atoms with E-state index in [0.717, 1.165) is 11.5 Å². The van der Waals surface area contributed by atoms with E-state index in [4.69, 9.17) is 13.9 Å². The Morgan fingerprint density at radius 2 is 2.04 bits per heavy atom. The third-order valence-electron chi connectivity index (χ3n) is 4.60. The summed E-state index contributed by atoms with van der Waals surface area (Å²) in [4.78, 5) is 22.9. The van der Waals surface area contributed by atoms with Crippen LogP contribution in [-0.2, 0) is 25.7 Å². The van der Waals surface area contributed by atoms with Crippen molar-refractivity contribution in [3.05, 3.63) is 24.2 Å². The lowest BCUT2D eigenvalue weighted by Gasteiger charge is -2.15. The van der Waals surface area contributed by atoms with E-state index in [1.54, 1.807) is 19.3 Å². The van der Waals surface area contributed by atoms with Crippen LogP contribution in [0.1, 0.15) is 51.5 Å². The number of hydrogen-bond donors (Lipinski definition) is 1. The molecule has 1 unspecified atom stereocenters. The molecule has 140 valence electrons. The summed E-state index contributed by atoms with van der Waals surface area (Å²) in [6, 6.07) is 1.20. The number of ketones is 1. The lowest BCUT2D eigenvalue weighted by Crippen LogP contribution is -2.45. The van der Waals surface area contributed by atoms with Crippen molar-refractivity contribution in [3.8, 4) is 0 Å². The fourth-order valence-electron chi connectivity index (χ4n) is 3.02. The van der Waals surface area contributed by atoms with Crippen molar-refractivity contribution in [1.82, 2.24) is 5.32 Å². The lowest BCUT2D eigenvalue weighted by molar-refractivity contribution is -0.129. The zero-order valence-electron chi connectivity index (χ0n) is 15.2. The molecule has 3 rings (SSSR count). The number of furan rings is 1. The van der Waals surface area contributed by atoms with Gasteiger partial charge in [0.1, 0.15) is 19.3 Å². The highest BCUT2D eigenvalue weighted by atomic mass is 16.5. The summed E-state index contributed by atoms with van der Waals surface area (Å²) in [6.45, 7) is 4.37. The van der Waals surface area contributed by atoms with E-state index in [1.807, 2.05) is 0 Å². The number of rotatable bonds is 5. The van der Waals surface area contributed by atoms with Crippen LogP contribution in [0.5, 0.6) is 0 Å². The summed E-state index contributed by atoms with van der Waals surface area (Å²) in [6.07, 6.45) is 10.2. The monoisotopic (exact) mass is 351 g/mol.